The van der Waals surface area contributed by atoms with Gasteiger partial charge < -0.3 is 10.4 Å². The van der Waals surface area contributed by atoms with E-state index in [0.717, 1.165) is 31.7 Å². The normalized spacial score (nSPS) is 16.0. The fraction of sp³-hybridized carbons (Fsp3) is 0. The molecule has 6 nitrogen and oxygen atoms in total. The number of benzene rings is 3. The Labute approximate surface area is 176 Å². The average molecular weight is 413 g/mol. The molecule has 30 heavy (non-hydrogen) atoms. The van der Waals surface area contributed by atoms with Gasteiger partial charge in [0.15, 0.2) is 5.71 Å². The highest BCUT2D eigenvalue weighted by Gasteiger charge is 2.35. The molecule has 146 valence electrons. The zero-order valence-corrected chi connectivity index (χ0v) is 16.4. The summed E-state index contributed by atoms with van der Waals surface area (Å²) >= 11 is 1.63. The summed E-state index contributed by atoms with van der Waals surface area (Å²) in [5.74, 6) is -1.71. The zero-order valence-electron chi connectivity index (χ0n) is 15.6. The predicted octanol–water partition coefficient (Wildman–Crippen LogP) is 4.77. The van der Waals surface area contributed by atoms with Crippen LogP contribution < -0.4 is 10.3 Å². The third-order valence-electron chi connectivity index (χ3n) is 4.77. The van der Waals surface area contributed by atoms with Crippen molar-refractivity contribution in [2.24, 2.45) is 5.10 Å². The lowest BCUT2D eigenvalue weighted by atomic mass is 10.1. The maximum atomic E-state index is 12.9. The number of nitrogens with one attached hydrogen (secondary N) is 1. The standard InChI is InChI=1S/C23H15N3O3S/c27-22-16(21(23(28)29)25-26(22)15-6-2-1-3-7-15)12-14-10-11-18-20(13-14)30-19-9-5-4-8-17(19)24-18/h1-13,24H,(H,28,29)/b16-12+. The van der Waals surface area contributed by atoms with Gasteiger partial charge in [-0.1, -0.05) is 48.2 Å². The summed E-state index contributed by atoms with van der Waals surface area (Å²) in [4.78, 5) is 26.8. The zero-order chi connectivity index (χ0) is 20.7. The van der Waals surface area contributed by atoms with Crippen molar-refractivity contribution in [3.63, 3.8) is 0 Å². The van der Waals surface area contributed by atoms with Gasteiger partial charge in [0.1, 0.15) is 0 Å². The molecule has 0 saturated carbocycles. The van der Waals surface area contributed by atoms with Gasteiger partial charge in [-0.25, -0.2) is 4.79 Å². The van der Waals surface area contributed by atoms with E-state index >= 15 is 0 Å². The summed E-state index contributed by atoms with van der Waals surface area (Å²) in [6.07, 6.45) is 1.58. The van der Waals surface area contributed by atoms with Crippen LogP contribution >= 0.6 is 11.8 Å². The predicted molar refractivity (Wildman–Crippen MR) is 117 cm³/mol. The molecule has 2 aliphatic heterocycles. The maximum absolute atomic E-state index is 12.9. The summed E-state index contributed by atoms with van der Waals surface area (Å²) in [5.41, 5.74) is 3.06. The molecule has 1 amide bonds. The van der Waals surface area contributed by atoms with Crippen LogP contribution in [-0.4, -0.2) is 22.7 Å². The minimum atomic E-state index is -1.24. The maximum Gasteiger partial charge on any atom is 0.357 e. The van der Waals surface area contributed by atoms with Crippen LogP contribution in [0.5, 0.6) is 0 Å². The Kier molecular flexibility index (Phi) is 4.37. The number of carboxylic acids is 1. The highest BCUT2D eigenvalue weighted by Crippen LogP contribution is 2.44. The fourth-order valence-corrected chi connectivity index (χ4v) is 4.39. The number of para-hydroxylation sites is 2. The van der Waals surface area contributed by atoms with Crippen molar-refractivity contribution in [2.75, 3.05) is 10.3 Å². The number of anilines is 3. The lowest BCUT2D eigenvalue weighted by Gasteiger charge is -2.20. The number of carbonyl (C=O) groups is 2. The molecule has 0 bridgehead atoms. The van der Waals surface area contributed by atoms with Crippen LogP contribution in [0.3, 0.4) is 0 Å². The minimum Gasteiger partial charge on any atom is -0.476 e. The Hall–Kier alpha value is -3.84. The van der Waals surface area contributed by atoms with E-state index in [1.165, 1.54) is 0 Å². The van der Waals surface area contributed by atoms with Crippen LogP contribution in [0.2, 0.25) is 0 Å². The molecule has 0 aliphatic carbocycles. The van der Waals surface area contributed by atoms with Crippen molar-refractivity contribution in [3.05, 3.63) is 83.9 Å². The number of amides is 1. The third-order valence-corrected chi connectivity index (χ3v) is 5.91. The molecular formula is C23H15N3O3S. The molecule has 0 saturated heterocycles. The SMILES string of the molecule is O=C(O)C1=NN(c2ccccc2)C(=O)/C1=C/c1ccc2c(c1)Sc1ccccc1N2. The van der Waals surface area contributed by atoms with E-state index in [9.17, 15) is 14.7 Å². The molecule has 5 rings (SSSR count). The fourth-order valence-electron chi connectivity index (χ4n) is 3.35. The van der Waals surface area contributed by atoms with E-state index in [4.69, 9.17) is 0 Å². The average Bonchev–Trinajstić information content (AvgIpc) is 3.09. The Morgan fingerprint density at radius 3 is 2.50 bits per heavy atom. The van der Waals surface area contributed by atoms with Crippen molar-refractivity contribution in [3.8, 4) is 0 Å². The van der Waals surface area contributed by atoms with Gasteiger partial charge in [-0.05, 0) is 48.0 Å². The van der Waals surface area contributed by atoms with Crippen molar-refractivity contribution in [1.29, 1.82) is 0 Å². The number of hydrogen-bond acceptors (Lipinski definition) is 5. The second-order valence-corrected chi connectivity index (χ2v) is 7.83. The van der Waals surface area contributed by atoms with Crippen LogP contribution in [0, 0.1) is 0 Å². The molecule has 3 aromatic carbocycles. The second kappa shape index (κ2) is 7.20. The van der Waals surface area contributed by atoms with Gasteiger partial charge in [-0.3, -0.25) is 4.79 Å². The molecule has 0 aromatic heterocycles. The van der Waals surface area contributed by atoms with Gasteiger partial charge in [0.05, 0.1) is 22.6 Å². The van der Waals surface area contributed by atoms with Crippen molar-refractivity contribution < 1.29 is 14.7 Å². The van der Waals surface area contributed by atoms with E-state index in [-0.39, 0.29) is 11.3 Å². The Morgan fingerprint density at radius 1 is 0.967 bits per heavy atom. The summed E-state index contributed by atoms with van der Waals surface area (Å²) in [7, 11) is 0. The van der Waals surface area contributed by atoms with E-state index in [0.29, 0.717) is 5.69 Å². The lowest BCUT2D eigenvalue weighted by molar-refractivity contribution is -0.129. The first-order valence-electron chi connectivity index (χ1n) is 9.21. The van der Waals surface area contributed by atoms with Gasteiger partial charge in [-0.2, -0.15) is 10.1 Å². The number of nitrogens with zero attached hydrogens (tertiary/aromatic N) is 2. The Bertz CT molecular complexity index is 1250. The monoisotopic (exact) mass is 413 g/mol. The molecule has 2 aliphatic rings. The second-order valence-electron chi connectivity index (χ2n) is 6.74. The number of fused-ring (bicyclic) bond motifs is 2. The van der Waals surface area contributed by atoms with Gasteiger partial charge >= 0.3 is 5.97 Å². The molecule has 0 atom stereocenters. The first kappa shape index (κ1) is 18.2. The van der Waals surface area contributed by atoms with Crippen LogP contribution in [0.4, 0.5) is 17.1 Å². The number of hydrogen-bond donors (Lipinski definition) is 2. The highest BCUT2D eigenvalue weighted by molar-refractivity contribution is 7.99. The minimum absolute atomic E-state index is 0.0560. The molecule has 0 radical (unpaired) electrons. The highest BCUT2D eigenvalue weighted by atomic mass is 32.2. The summed E-state index contributed by atoms with van der Waals surface area (Å²) in [5, 5.41) is 18.1. The van der Waals surface area contributed by atoms with Crippen LogP contribution in [0.1, 0.15) is 5.56 Å². The molecule has 3 aromatic rings. The Balaban J connectivity index is 1.51. The lowest BCUT2D eigenvalue weighted by Crippen LogP contribution is -2.22. The van der Waals surface area contributed by atoms with Crippen LogP contribution in [0.15, 0.2) is 93.3 Å². The molecule has 2 heterocycles. The van der Waals surface area contributed by atoms with Crippen molar-refractivity contribution >= 4 is 52.5 Å². The summed E-state index contributed by atoms with van der Waals surface area (Å²) < 4.78 is 0. The van der Waals surface area contributed by atoms with E-state index < -0.39 is 11.9 Å². The first-order chi connectivity index (χ1) is 14.6. The van der Waals surface area contributed by atoms with Gasteiger partial charge in [0.2, 0.25) is 0 Å². The smallest absolute Gasteiger partial charge is 0.357 e. The molecule has 0 fully saturated rings. The quantitative estimate of drug-likeness (QED) is 0.473. The molecule has 0 unspecified atom stereocenters. The number of carbonyl (C=O) groups excluding carboxylic acids is 1. The van der Waals surface area contributed by atoms with Gasteiger partial charge in [0.25, 0.3) is 5.91 Å². The topological polar surface area (TPSA) is 82.0 Å². The first-order valence-corrected chi connectivity index (χ1v) is 10.0. The number of carboxylic acid groups (broad SMARTS) is 1. The van der Waals surface area contributed by atoms with Crippen molar-refractivity contribution in [2.45, 2.75) is 9.79 Å². The van der Waals surface area contributed by atoms with Crippen LogP contribution in [-0.2, 0) is 9.59 Å². The van der Waals surface area contributed by atoms with Gasteiger partial charge in [-0.15, -0.1) is 0 Å². The molecule has 0 spiro atoms. The number of hydrazone groups is 1. The number of aliphatic carboxylic acids is 1. The molecule has 2 N–H and O–H groups in total. The van der Waals surface area contributed by atoms with Crippen LogP contribution in [0.25, 0.3) is 6.08 Å². The Morgan fingerprint density at radius 2 is 1.70 bits per heavy atom. The summed E-state index contributed by atoms with van der Waals surface area (Å²) in [6, 6.07) is 22.5. The summed E-state index contributed by atoms with van der Waals surface area (Å²) in [6.45, 7) is 0. The third kappa shape index (κ3) is 3.15. The molecule has 7 heteroatoms. The van der Waals surface area contributed by atoms with E-state index in [2.05, 4.69) is 10.4 Å². The van der Waals surface area contributed by atoms with Gasteiger partial charge in [0, 0.05) is 9.79 Å². The van der Waals surface area contributed by atoms with E-state index in [1.807, 2.05) is 48.5 Å². The van der Waals surface area contributed by atoms with E-state index in [1.54, 1.807) is 42.1 Å². The van der Waals surface area contributed by atoms with Crippen molar-refractivity contribution in [1.82, 2.24) is 0 Å². The molecular weight excluding hydrogens is 398 g/mol. The largest absolute Gasteiger partial charge is 0.476 e. The number of rotatable bonds is 3.